The second-order valence-corrected chi connectivity index (χ2v) is 4.77. The Hall–Kier alpha value is -2.27. The Morgan fingerprint density at radius 3 is 2.60 bits per heavy atom. The molecule has 0 spiro atoms. The number of rotatable bonds is 2. The number of ketones is 1. The lowest BCUT2D eigenvalue weighted by atomic mass is 10.1. The van der Waals surface area contributed by atoms with Crippen LogP contribution in [0.5, 0.6) is 0 Å². The van der Waals surface area contributed by atoms with Gasteiger partial charge in [-0.05, 0) is 29.8 Å². The molecule has 0 unspecified atom stereocenters. The van der Waals surface area contributed by atoms with Crippen LogP contribution in [0.25, 0.3) is 0 Å². The summed E-state index contributed by atoms with van der Waals surface area (Å²) < 4.78 is 13.5. The van der Waals surface area contributed by atoms with E-state index in [-0.39, 0.29) is 22.8 Å². The normalized spacial score (nSPS) is 13.8. The third kappa shape index (κ3) is 1.96. The van der Waals surface area contributed by atoms with E-state index < -0.39 is 17.5 Å². The van der Waals surface area contributed by atoms with Crippen LogP contribution < -0.4 is 4.90 Å². The van der Waals surface area contributed by atoms with Gasteiger partial charge in [0.15, 0.2) is 0 Å². The number of benzene rings is 1. The summed E-state index contributed by atoms with van der Waals surface area (Å²) in [6, 6.07) is 5.75. The van der Waals surface area contributed by atoms with E-state index in [0.717, 1.165) is 11.6 Å². The number of carbonyl (C=O) groups excluding carboxylic acids is 2. The minimum Gasteiger partial charge on any atom is -0.300 e. The number of Topliss-reactive ketones (excluding diaryl/α,β-unsaturated/α-hetero) is 1. The van der Waals surface area contributed by atoms with Crippen LogP contribution in [-0.2, 0) is 11.3 Å². The molecule has 1 aliphatic heterocycles. The van der Waals surface area contributed by atoms with Gasteiger partial charge < -0.3 is 4.90 Å². The monoisotopic (exact) mass is 290 g/mol. The zero-order chi connectivity index (χ0) is 14.3. The highest BCUT2D eigenvalue weighted by atomic mass is 35.5. The summed E-state index contributed by atoms with van der Waals surface area (Å²) in [5, 5.41) is -0.171. The number of carbonyl (C=O) groups is 2. The molecule has 6 heteroatoms. The van der Waals surface area contributed by atoms with Crippen LogP contribution in [0.2, 0.25) is 5.02 Å². The van der Waals surface area contributed by atoms with Gasteiger partial charge in [0.05, 0.1) is 22.8 Å². The molecule has 1 amide bonds. The Balaban J connectivity index is 2.04. The number of nitrogens with zero attached hydrogens (tertiary/aromatic N) is 2. The number of halogens is 2. The molecule has 1 aliphatic rings. The maximum atomic E-state index is 13.5. The number of pyridine rings is 1. The molecular weight excluding hydrogens is 283 g/mol. The van der Waals surface area contributed by atoms with Gasteiger partial charge in [-0.3, -0.25) is 14.6 Å². The maximum absolute atomic E-state index is 13.5. The van der Waals surface area contributed by atoms with E-state index in [1.807, 2.05) is 0 Å². The highest BCUT2D eigenvalue weighted by Crippen LogP contribution is 2.34. The largest absolute Gasteiger partial charge is 0.300 e. The van der Waals surface area contributed by atoms with Gasteiger partial charge in [0.2, 0.25) is 0 Å². The topological polar surface area (TPSA) is 50.3 Å². The van der Waals surface area contributed by atoms with Crippen molar-refractivity contribution in [3.8, 4) is 0 Å². The Labute approximate surface area is 118 Å². The van der Waals surface area contributed by atoms with Gasteiger partial charge in [0, 0.05) is 12.4 Å². The fourth-order valence-electron chi connectivity index (χ4n) is 2.12. The van der Waals surface area contributed by atoms with Gasteiger partial charge in [-0.15, -0.1) is 0 Å². The zero-order valence-electron chi connectivity index (χ0n) is 10.1. The zero-order valence-corrected chi connectivity index (χ0v) is 10.9. The predicted molar refractivity (Wildman–Crippen MR) is 71.2 cm³/mol. The molecule has 0 saturated heterocycles. The lowest BCUT2D eigenvalue weighted by Gasteiger charge is -2.16. The van der Waals surface area contributed by atoms with Crippen molar-refractivity contribution in [2.24, 2.45) is 0 Å². The summed E-state index contributed by atoms with van der Waals surface area (Å²) in [7, 11) is 0. The first-order valence-electron chi connectivity index (χ1n) is 5.82. The summed E-state index contributed by atoms with van der Waals surface area (Å²) in [5.41, 5.74) is 1.18. The van der Waals surface area contributed by atoms with Crippen LogP contribution in [0, 0.1) is 5.82 Å². The Bertz CT molecular complexity index is 719. The van der Waals surface area contributed by atoms with Crippen molar-refractivity contribution in [1.29, 1.82) is 0 Å². The molecule has 4 nitrogen and oxygen atoms in total. The molecule has 0 fully saturated rings. The van der Waals surface area contributed by atoms with Gasteiger partial charge in [-0.25, -0.2) is 4.39 Å². The van der Waals surface area contributed by atoms with Crippen LogP contribution in [0.1, 0.15) is 15.9 Å². The maximum Gasteiger partial charge on any atom is 0.299 e. The molecule has 20 heavy (non-hydrogen) atoms. The van der Waals surface area contributed by atoms with Crippen LogP contribution >= 0.6 is 11.6 Å². The van der Waals surface area contributed by atoms with E-state index in [1.54, 1.807) is 24.5 Å². The SMILES string of the molecule is O=C1C(=O)N(Cc2ccncc2)c2cc(F)c(Cl)cc21. The van der Waals surface area contributed by atoms with E-state index in [0.29, 0.717) is 0 Å². The molecule has 1 aromatic heterocycles. The van der Waals surface area contributed by atoms with Crippen molar-refractivity contribution in [2.45, 2.75) is 6.54 Å². The molecular formula is C14H8ClFN2O2. The van der Waals surface area contributed by atoms with Crippen LogP contribution in [-0.4, -0.2) is 16.7 Å². The lowest BCUT2D eigenvalue weighted by molar-refractivity contribution is -0.114. The van der Waals surface area contributed by atoms with Gasteiger partial charge in [0.25, 0.3) is 11.7 Å². The molecule has 100 valence electrons. The second kappa shape index (κ2) is 4.68. The summed E-state index contributed by atoms with van der Waals surface area (Å²) >= 11 is 5.65. The third-order valence-electron chi connectivity index (χ3n) is 3.10. The van der Waals surface area contributed by atoms with E-state index >= 15 is 0 Å². The summed E-state index contributed by atoms with van der Waals surface area (Å²) in [4.78, 5) is 29.0. The summed E-state index contributed by atoms with van der Waals surface area (Å²) in [6.45, 7) is 0.182. The number of aromatic nitrogens is 1. The van der Waals surface area contributed by atoms with Gasteiger partial charge in [-0.1, -0.05) is 11.6 Å². The van der Waals surface area contributed by atoms with Crippen molar-refractivity contribution in [1.82, 2.24) is 4.98 Å². The molecule has 3 rings (SSSR count). The molecule has 0 aliphatic carbocycles. The number of fused-ring (bicyclic) bond motifs is 1. The first kappa shape index (κ1) is 12.7. The number of hydrogen-bond donors (Lipinski definition) is 0. The lowest BCUT2D eigenvalue weighted by Crippen LogP contribution is -2.29. The molecule has 2 heterocycles. The molecule has 0 N–H and O–H groups in total. The Kier molecular flexibility index (Phi) is 2.99. The molecule has 0 atom stereocenters. The average molecular weight is 291 g/mol. The van der Waals surface area contributed by atoms with E-state index in [4.69, 9.17) is 11.6 Å². The average Bonchev–Trinajstić information content (AvgIpc) is 2.66. The molecule has 2 aromatic rings. The van der Waals surface area contributed by atoms with Gasteiger partial charge >= 0.3 is 0 Å². The van der Waals surface area contributed by atoms with Gasteiger partial charge in [0.1, 0.15) is 5.82 Å². The highest BCUT2D eigenvalue weighted by molar-refractivity contribution is 6.52. The quantitative estimate of drug-likeness (QED) is 0.799. The number of anilines is 1. The van der Waals surface area contributed by atoms with Crippen molar-refractivity contribution in [2.75, 3.05) is 4.90 Å². The molecule has 0 bridgehead atoms. The minimum atomic E-state index is -0.682. The van der Waals surface area contributed by atoms with Crippen molar-refractivity contribution in [3.63, 3.8) is 0 Å². The van der Waals surface area contributed by atoms with E-state index in [1.165, 1.54) is 11.0 Å². The third-order valence-corrected chi connectivity index (χ3v) is 3.39. The van der Waals surface area contributed by atoms with Crippen LogP contribution in [0.15, 0.2) is 36.7 Å². The second-order valence-electron chi connectivity index (χ2n) is 4.36. The highest BCUT2D eigenvalue weighted by Gasteiger charge is 2.36. The molecule has 0 saturated carbocycles. The smallest absolute Gasteiger partial charge is 0.299 e. The van der Waals surface area contributed by atoms with E-state index in [9.17, 15) is 14.0 Å². The first-order valence-corrected chi connectivity index (χ1v) is 6.20. The van der Waals surface area contributed by atoms with Gasteiger partial charge in [-0.2, -0.15) is 0 Å². The Morgan fingerprint density at radius 2 is 1.90 bits per heavy atom. The fraction of sp³-hybridized carbons (Fsp3) is 0.0714. The molecule has 1 aromatic carbocycles. The fourth-order valence-corrected chi connectivity index (χ4v) is 2.28. The minimum absolute atomic E-state index is 0.135. The molecule has 0 radical (unpaired) electrons. The van der Waals surface area contributed by atoms with Crippen molar-refractivity contribution < 1.29 is 14.0 Å². The standard InChI is InChI=1S/C14H8ClFN2O2/c15-10-5-9-12(6-11(10)16)18(14(20)13(9)19)7-8-1-3-17-4-2-8/h1-6H,7H2. The van der Waals surface area contributed by atoms with Crippen molar-refractivity contribution >= 4 is 29.0 Å². The predicted octanol–water partition coefficient (Wildman–Crippen LogP) is 2.60. The number of amides is 1. The first-order chi connectivity index (χ1) is 9.58. The summed E-state index contributed by atoms with van der Waals surface area (Å²) in [6.07, 6.45) is 3.17. The van der Waals surface area contributed by atoms with E-state index in [2.05, 4.69) is 4.98 Å². The van der Waals surface area contributed by atoms with Crippen LogP contribution in [0.3, 0.4) is 0 Å². The summed E-state index contributed by atoms with van der Waals surface area (Å²) in [5.74, 6) is -2.01. The van der Waals surface area contributed by atoms with Crippen molar-refractivity contribution in [3.05, 3.63) is 58.6 Å². The Morgan fingerprint density at radius 1 is 1.20 bits per heavy atom. The number of hydrogen-bond acceptors (Lipinski definition) is 3. The van der Waals surface area contributed by atoms with Crippen LogP contribution in [0.4, 0.5) is 10.1 Å².